The number of carbonyl (C=O) groups excluding carboxylic acids is 1. The average molecular weight is 247 g/mol. The summed E-state index contributed by atoms with van der Waals surface area (Å²) in [5.41, 5.74) is 6.77. The molecule has 1 aromatic rings. The first-order valence-corrected chi connectivity index (χ1v) is 6.51. The Bertz CT molecular complexity index is 393. The number of benzene rings is 1. The predicted octanol–water partition coefficient (Wildman–Crippen LogP) is 1.07. The third-order valence-corrected chi connectivity index (χ3v) is 3.46. The number of anilines is 1. The van der Waals surface area contributed by atoms with Crippen molar-refractivity contribution in [3.05, 3.63) is 30.3 Å². The zero-order valence-corrected chi connectivity index (χ0v) is 10.9. The van der Waals surface area contributed by atoms with Gasteiger partial charge in [0.05, 0.1) is 0 Å². The standard InChI is InChI=1S/C14H21N3O/c1-16-10-5-11-17(12-6-3-2-4-7-12)13(8-9-15)14(16)18/h2-4,6-7,13H,5,8-11,15H2,1H3. The van der Waals surface area contributed by atoms with Crippen molar-refractivity contribution in [3.8, 4) is 0 Å². The van der Waals surface area contributed by atoms with Crippen molar-refractivity contribution < 1.29 is 4.79 Å². The van der Waals surface area contributed by atoms with Crippen molar-refractivity contribution in [2.24, 2.45) is 5.73 Å². The molecule has 1 aromatic carbocycles. The van der Waals surface area contributed by atoms with Crippen LogP contribution in [0.15, 0.2) is 30.3 Å². The van der Waals surface area contributed by atoms with Gasteiger partial charge in [-0.05, 0) is 31.5 Å². The molecule has 0 radical (unpaired) electrons. The summed E-state index contributed by atoms with van der Waals surface area (Å²) in [4.78, 5) is 16.4. The van der Waals surface area contributed by atoms with E-state index in [1.807, 2.05) is 30.1 Å². The van der Waals surface area contributed by atoms with Crippen LogP contribution in [0.1, 0.15) is 12.8 Å². The summed E-state index contributed by atoms with van der Waals surface area (Å²) in [6.07, 6.45) is 1.70. The fourth-order valence-corrected chi connectivity index (χ4v) is 2.50. The molecule has 4 heteroatoms. The summed E-state index contributed by atoms with van der Waals surface area (Å²) in [6.45, 7) is 2.27. The van der Waals surface area contributed by atoms with Gasteiger partial charge >= 0.3 is 0 Å². The molecule has 1 saturated heterocycles. The third-order valence-electron chi connectivity index (χ3n) is 3.46. The molecule has 1 amide bonds. The van der Waals surface area contributed by atoms with E-state index in [-0.39, 0.29) is 11.9 Å². The second-order valence-corrected chi connectivity index (χ2v) is 4.74. The number of hydrogen-bond donors (Lipinski definition) is 1. The zero-order valence-electron chi connectivity index (χ0n) is 10.9. The van der Waals surface area contributed by atoms with Gasteiger partial charge in [-0.3, -0.25) is 4.79 Å². The molecule has 0 bridgehead atoms. The van der Waals surface area contributed by atoms with Crippen LogP contribution in [0.5, 0.6) is 0 Å². The second-order valence-electron chi connectivity index (χ2n) is 4.74. The quantitative estimate of drug-likeness (QED) is 0.869. The minimum absolute atomic E-state index is 0.120. The molecule has 1 atom stereocenters. The Morgan fingerprint density at radius 1 is 1.28 bits per heavy atom. The first-order valence-electron chi connectivity index (χ1n) is 6.51. The summed E-state index contributed by atoms with van der Waals surface area (Å²) in [5.74, 6) is 0.182. The minimum Gasteiger partial charge on any atom is -0.359 e. The molecule has 1 aliphatic heterocycles. The molecule has 1 aliphatic rings. The Labute approximate surface area is 108 Å². The van der Waals surface area contributed by atoms with E-state index in [4.69, 9.17) is 5.73 Å². The van der Waals surface area contributed by atoms with Crippen LogP contribution in [0.4, 0.5) is 5.69 Å². The number of para-hydroxylation sites is 1. The highest BCUT2D eigenvalue weighted by Crippen LogP contribution is 2.22. The van der Waals surface area contributed by atoms with E-state index in [1.54, 1.807) is 0 Å². The maximum Gasteiger partial charge on any atom is 0.245 e. The molecular weight excluding hydrogens is 226 g/mol. The summed E-state index contributed by atoms with van der Waals surface area (Å²) < 4.78 is 0. The first kappa shape index (κ1) is 12.9. The Morgan fingerprint density at radius 2 is 2.00 bits per heavy atom. The first-order chi connectivity index (χ1) is 8.74. The van der Waals surface area contributed by atoms with Crippen LogP contribution < -0.4 is 10.6 Å². The number of amides is 1. The Balaban J connectivity index is 2.27. The van der Waals surface area contributed by atoms with E-state index in [1.165, 1.54) is 0 Å². The zero-order chi connectivity index (χ0) is 13.0. The van der Waals surface area contributed by atoms with Gasteiger partial charge in [0.25, 0.3) is 0 Å². The SMILES string of the molecule is CN1CCCN(c2ccccc2)C(CCN)C1=O. The second kappa shape index (κ2) is 5.87. The number of rotatable bonds is 3. The maximum absolute atomic E-state index is 12.3. The maximum atomic E-state index is 12.3. The minimum atomic E-state index is -0.120. The van der Waals surface area contributed by atoms with Gasteiger partial charge in [-0.25, -0.2) is 0 Å². The van der Waals surface area contributed by atoms with Crippen LogP contribution >= 0.6 is 0 Å². The lowest BCUT2D eigenvalue weighted by atomic mass is 10.1. The van der Waals surface area contributed by atoms with Gasteiger partial charge < -0.3 is 15.5 Å². The third kappa shape index (κ3) is 2.64. The van der Waals surface area contributed by atoms with Crippen LogP contribution in [-0.2, 0) is 4.79 Å². The summed E-state index contributed by atoms with van der Waals surface area (Å²) >= 11 is 0. The molecule has 18 heavy (non-hydrogen) atoms. The molecule has 2 rings (SSSR count). The topological polar surface area (TPSA) is 49.6 Å². The van der Waals surface area contributed by atoms with E-state index >= 15 is 0 Å². The molecule has 1 heterocycles. The normalized spacial score (nSPS) is 21.0. The van der Waals surface area contributed by atoms with Crippen LogP contribution in [0, 0.1) is 0 Å². The van der Waals surface area contributed by atoms with E-state index in [0.717, 1.165) is 25.2 Å². The lowest BCUT2D eigenvalue weighted by Crippen LogP contribution is -2.46. The van der Waals surface area contributed by atoms with Gasteiger partial charge in [-0.2, -0.15) is 0 Å². The molecule has 0 aromatic heterocycles. The van der Waals surface area contributed by atoms with E-state index in [9.17, 15) is 4.79 Å². The molecular formula is C14H21N3O. The molecule has 2 N–H and O–H groups in total. The van der Waals surface area contributed by atoms with Crippen molar-refractivity contribution in [1.29, 1.82) is 0 Å². The number of nitrogens with two attached hydrogens (primary N) is 1. The van der Waals surface area contributed by atoms with Crippen molar-refractivity contribution in [2.45, 2.75) is 18.9 Å². The van der Waals surface area contributed by atoms with Gasteiger partial charge in [-0.1, -0.05) is 18.2 Å². The van der Waals surface area contributed by atoms with Crippen LogP contribution in [-0.4, -0.2) is 43.5 Å². The fraction of sp³-hybridized carbons (Fsp3) is 0.500. The molecule has 0 spiro atoms. The number of hydrogen-bond acceptors (Lipinski definition) is 3. The number of nitrogens with zero attached hydrogens (tertiary/aromatic N) is 2. The summed E-state index contributed by atoms with van der Waals surface area (Å²) in [5, 5.41) is 0. The highest BCUT2D eigenvalue weighted by molar-refractivity contribution is 5.85. The van der Waals surface area contributed by atoms with Gasteiger partial charge in [-0.15, -0.1) is 0 Å². The van der Waals surface area contributed by atoms with E-state index < -0.39 is 0 Å². The van der Waals surface area contributed by atoms with Gasteiger partial charge in [0, 0.05) is 25.8 Å². The Kier molecular flexibility index (Phi) is 4.20. The summed E-state index contributed by atoms with van der Waals surface area (Å²) in [6, 6.07) is 10.0. The predicted molar refractivity (Wildman–Crippen MR) is 73.5 cm³/mol. The number of carbonyl (C=O) groups is 1. The Morgan fingerprint density at radius 3 is 2.67 bits per heavy atom. The van der Waals surface area contributed by atoms with Crippen molar-refractivity contribution in [2.75, 3.05) is 31.6 Å². The lowest BCUT2D eigenvalue weighted by molar-refractivity contribution is -0.130. The fourth-order valence-electron chi connectivity index (χ4n) is 2.50. The lowest BCUT2D eigenvalue weighted by Gasteiger charge is -2.31. The average Bonchev–Trinajstić information content (AvgIpc) is 2.54. The summed E-state index contributed by atoms with van der Waals surface area (Å²) in [7, 11) is 1.88. The molecule has 1 unspecified atom stereocenters. The van der Waals surface area contributed by atoms with Crippen molar-refractivity contribution in [1.82, 2.24) is 4.90 Å². The Hall–Kier alpha value is -1.55. The van der Waals surface area contributed by atoms with Gasteiger partial charge in [0.15, 0.2) is 0 Å². The van der Waals surface area contributed by atoms with Crippen LogP contribution in [0.2, 0.25) is 0 Å². The highest BCUT2D eigenvalue weighted by atomic mass is 16.2. The van der Waals surface area contributed by atoms with Crippen molar-refractivity contribution in [3.63, 3.8) is 0 Å². The monoisotopic (exact) mass is 247 g/mol. The molecule has 0 saturated carbocycles. The van der Waals surface area contributed by atoms with Crippen LogP contribution in [0.3, 0.4) is 0 Å². The van der Waals surface area contributed by atoms with E-state index in [0.29, 0.717) is 13.0 Å². The highest BCUT2D eigenvalue weighted by Gasteiger charge is 2.30. The largest absolute Gasteiger partial charge is 0.359 e. The van der Waals surface area contributed by atoms with Crippen LogP contribution in [0.25, 0.3) is 0 Å². The van der Waals surface area contributed by atoms with E-state index in [2.05, 4.69) is 17.0 Å². The molecule has 0 aliphatic carbocycles. The number of likely N-dealkylation sites (N-methyl/N-ethyl adjacent to an activating group) is 1. The van der Waals surface area contributed by atoms with Crippen molar-refractivity contribution >= 4 is 11.6 Å². The molecule has 98 valence electrons. The van der Waals surface area contributed by atoms with Gasteiger partial charge in [0.1, 0.15) is 6.04 Å². The molecule has 4 nitrogen and oxygen atoms in total. The molecule has 1 fully saturated rings. The van der Waals surface area contributed by atoms with Gasteiger partial charge in [0.2, 0.25) is 5.91 Å². The smallest absolute Gasteiger partial charge is 0.245 e.